The third kappa shape index (κ3) is 2.84. The molecule has 2 heterocycles. The Bertz CT molecular complexity index is 1800. The first kappa shape index (κ1) is 20.8. The van der Waals surface area contributed by atoms with Crippen LogP contribution in [0.3, 0.4) is 0 Å². The van der Waals surface area contributed by atoms with Crippen molar-refractivity contribution in [2.75, 3.05) is 0 Å². The van der Waals surface area contributed by atoms with Gasteiger partial charge in [-0.05, 0) is 45.5 Å². The van der Waals surface area contributed by atoms with E-state index in [1.165, 1.54) is 58.9 Å². The Hall–Kier alpha value is -3.49. The lowest BCUT2D eigenvalue weighted by atomic mass is 9.81. The van der Waals surface area contributed by atoms with Crippen molar-refractivity contribution in [1.82, 2.24) is 4.98 Å². The molecule has 0 aliphatic heterocycles. The van der Waals surface area contributed by atoms with E-state index >= 15 is 0 Å². The number of benzene rings is 4. The molecule has 1 aliphatic rings. The van der Waals surface area contributed by atoms with Gasteiger partial charge in [0.25, 0.3) is 0 Å². The highest BCUT2D eigenvalue weighted by atomic mass is 32.1. The lowest BCUT2D eigenvalue weighted by molar-refractivity contribution is 0.667. The van der Waals surface area contributed by atoms with Crippen LogP contribution in [0.15, 0.2) is 84.9 Å². The Morgan fingerprint density at radius 1 is 0.743 bits per heavy atom. The molecule has 0 bridgehead atoms. The van der Waals surface area contributed by atoms with E-state index in [-0.39, 0.29) is 5.41 Å². The Balaban J connectivity index is 1.61. The third-order valence-corrected chi connectivity index (χ3v) is 9.02. The van der Waals surface area contributed by atoms with Gasteiger partial charge in [-0.15, -0.1) is 11.3 Å². The molecule has 0 saturated heterocycles. The van der Waals surface area contributed by atoms with Gasteiger partial charge in [0.1, 0.15) is 0 Å². The number of hydrogen-bond acceptors (Lipinski definition) is 2. The molecule has 6 aromatic rings. The van der Waals surface area contributed by atoms with Crippen molar-refractivity contribution in [3.63, 3.8) is 0 Å². The zero-order valence-electron chi connectivity index (χ0n) is 20.5. The van der Waals surface area contributed by atoms with Crippen molar-refractivity contribution in [3.05, 3.63) is 102 Å². The molecule has 170 valence electrons. The summed E-state index contributed by atoms with van der Waals surface area (Å²) in [5.74, 6) is 0.484. The average molecular weight is 470 g/mol. The molecule has 35 heavy (non-hydrogen) atoms. The predicted molar refractivity (Wildman–Crippen MR) is 152 cm³/mol. The van der Waals surface area contributed by atoms with Gasteiger partial charge in [0.15, 0.2) is 0 Å². The molecule has 2 aromatic heterocycles. The van der Waals surface area contributed by atoms with E-state index in [2.05, 4.69) is 113 Å². The first-order valence-corrected chi connectivity index (χ1v) is 13.3. The van der Waals surface area contributed by atoms with E-state index in [0.717, 1.165) is 11.2 Å². The Morgan fingerprint density at radius 3 is 2.34 bits per heavy atom. The van der Waals surface area contributed by atoms with Crippen LogP contribution in [0.25, 0.3) is 53.5 Å². The SMILES string of the molecule is CC(C)c1ccc2c(-c3cccc4c3-c3sc5ccccc5c3C4(C)C)nc3ccccc3c2c1. The molecule has 1 aliphatic carbocycles. The fourth-order valence-corrected chi connectivity index (χ4v) is 7.46. The number of thiophene rings is 1. The monoisotopic (exact) mass is 469 g/mol. The first-order valence-electron chi connectivity index (χ1n) is 12.4. The largest absolute Gasteiger partial charge is 0.247 e. The van der Waals surface area contributed by atoms with Gasteiger partial charge in [-0.1, -0.05) is 100 Å². The summed E-state index contributed by atoms with van der Waals surface area (Å²) in [6, 6.07) is 31.2. The molecule has 0 radical (unpaired) electrons. The van der Waals surface area contributed by atoms with Crippen LogP contribution in [-0.4, -0.2) is 4.98 Å². The molecule has 2 heteroatoms. The maximum absolute atomic E-state index is 5.30. The highest BCUT2D eigenvalue weighted by Crippen LogP contribution is 2.58. The van der Waals surface area contributed by atoms with Gasteiger partial charge >= 0.3 is 0 Å². The zero-order chi connectivity index (χ0) is 23.9. The number of aromatic nitrogens is 1. The second-order valence-corrected chi connectivity index (χ2v) is 11.6. The summed E-state index contributed by atoms with van der Waals surface area (Å²) in [4.78, 5) is 6.71. The van der Waals surface area contributed by atoms with Crippen LogP contribution in [0.5, 0.6) is 0 Å². The first-order chi connectivity index (χ1) is 16.9. The fourth-order valence-electron chi connectivity index (χ4n) is 6.03. The van der Waals surface area contributed by atoms with Crippen LogP contribution < -0.4 is 0 Å². The van der Waals surface area contributed by atoms with Gasteiger partial charge < -0.3 is 0 Å². The van der Waals surface area contributed by atoms with Crippen LogP contribution in [0.2, 0.25) is 0 Å². The molecule has 0 amide bonds. The van der Waals surface area contributed by atoms with Crippen LogP contribution >= 0.6 is 11.3 Å². The molecule has 0 fully saturated rings. The number of nitrogens with zero attached hydrogens (tertiary/aromatic N) is 1. The van der Waals surface area contributed by atoms with E-state index in [1.54, 1.807) is 0 Å². The minimum absolute atomic E-state index is 0.0439. The average Bonchev–Trinajstić information content (AvgIpc) is 3.37. The van der Waals surface area contributed by atoms with Gasteiger partial charge in [0.05, 0.1) is 11.2 Å². The van der Waals surface area contributed by atoms with Gasteiger partial charge in [0.2, 0.25) is 0 Å². The zero-order valence-corrected chi connectivity index (χ0v) is 21.3. The molecule has 7 rings (SSSR count). The highest BCUT2D eigenvalue weighted by molar-refractivity contribution is 7.22. The fraction of sp³-hybridized carbons (Fsp3) is 0.182. The van der Waals surface area contributed by atoms with Crippen LogP contribution in [-0.2, 0) is 5.41 Å². The van der Waals surface area contributed by atoms with Crippen molar-refractivity contribution in [1.29, 1.82) is 0 Å². The number of pyridine rings is 1. The van der Waals surface area contributed by atoms with Crippen molar-refractivity contribution in [2.24, 2.45) is 0 Å². The standard InChI is InChI=1S/C33H27NS/c1-19(2)20-16-17-22-25(18-20)21-10-5-7-14-27(21)34-31(22)24-12-9-13-26-29(24)32-30(33(26,3)4)23-11-6-8-15-28(23)35-32/h5-19H,1-4H3. The van der Waals surface area contributed by atoms with Crippen molar-refractivity contribution >= 4 is 43.1 Å². The molecule has 0 spiro atoms. The molecule has 0 N–H and O–H groups in total. The summed E-state index contributed by atoms with van der Waals surface area (Å²) < 4.78 is 1.36. The van der Waals surface area contributed by atoms with E-state index in [0.29, 0.717) is 5.92 Å². The van der Waals surface area contributed by atoms with E-state index in [1.807, 2.05) is 11.3 Å². The molecule has 0 saturated carbocycles. The van der Waals surface area contributed by atoms with Gasteiger partial charge in [-0.2, -0.15) is 0 Å². The van der Waals surface area contributed by atoms with Crippen LogP contribution in [0, 0.1) is 0 Å². The van der Waals surface area contributed by atoms with E-state index in [9.17, 15) is 0 Å². The summed E-state index contributed by atoms with van der Waals surface area (Å²) in [6.07, 6.45) is 0. The van der Waals surface area contributed by atoms with Crippen molar-refractivity contribution in [3.8, 4) is 21.7 Å². The summed E-state index contributed by atoms with van der Waals surface area (Å²) in [7, 11) is 0. The molecule has 0 unspecified atom stereocenters. The molecule has 1 nitrogen and oxygen atoms in total. The number of rotatable bonds is 2. The Labute approximate surface area is 210 Å². The molecular weight excluding hydrogens is 442 g/mol. The minimum atomic E-state index is -0.0439. The summed E-state index contributed by atoms with van der Waals surface area (Å²) in [6.45, 7) is 9.28. The predicted octanol–water partition coefficient (Wildman–Crippen LogP) is 9.70. The second kappa shape index (κ2) is 7.26. The third-order valence-electron chi connectivity index (χ3n) is 7.83. The van der Waals surface area contributed by atoms with Gasteiger partial charge in [-0.3, -0.25) is 0 Å². The smallest absolute Gasteiger partial charge is 0.0794 e. The summed E-state index contributed by atoms with van der Waals surface area (Å²) >= 11 is 1.93. The van der Waals surface area contributed by atoms with Crippen molar-refractivity contribution < 1.29 is 0 Å². The van der Waals surface area contributed by atoms with E-state index < -0.39 is 0 Å². The van der Waals surface area contributed by atoms with Gasteiger partial charge in [-0.25, -0.2) is 4.98 Å². The highest BCUT2D eigenvalue weighted by Gasteiger charge is 2.40. The Morgan fingerprint density at radius 2 is 1.51 bits per heavy atom. The normalized spacial score (nSPS) is 14.2. The van der Waals surface area contributed by atoms with Crippen LogP contribution in [0.4, 0.5) is 0 Å². The molecule has 4 aromatic carbocycles. The second-order valence-electron chi connectivity index (χ2n) is 10.6. The lowest BCUT2D eigenvalue weighted by Crippen LogP contribution is -2.14. The van der Waals surface area contributed by atoms with E-state index in [4.69, 9.17) is 4.98 Å². The number of hydrogen-bond donors (Lipinski definition) is 0. The lowest BCUT2D eigenvalue weighted by Gasteiger charge is -2.22. The maximum atomic E-state index is 5.30. The molecular formula is C33H27NS. The molecule has 0 atom stereocenters. The van der Waals surface area contributed by atoms with Crippen LogP contribution in [0.1, 0.15) is 50.3 Å². The minimum Gasteiger partial charge on any atom is -0.247 e. The summed E-state index contributed by atoms with van der Waals surface area (Å²) in [5.41, 5.74) is 8.95. The van der Waals surface area contributed by atoms with Crippen molar-refractivity contribution in [2.45, 2.75) is 39.0 Å². The van der Waals surface area contributed by atoms with Gasteiger partial charge in [0, 0.05) is 36.9 Å². The topological polar surface area (TPSA) is 12.9 Å². The number of fused-ring (bicyclic) bond motifs is 8. The number of para-hydroxylation sites is 1. The summed E-state index contributed by atoms with van der Waals surface area (Å²) in [5, 5.41) is 5.14. The maximum Gasteiger partial charge on any atom is 0.0794 e. The Kier molecular flexibility index (Phi) is 4.32. The quantitative estimate of drug-likeness (QED) is 0.230.